The highest BCUT2D eigenvalue weighted by atomic mass is 79.9. The number of piperidine rings is 1. The Balaban J connectivity index is 1.76. The molecule has 1 saturated heterocycles. The Morgan fingerprint density at radius 3 is 2.83 bits per heavy atom. The van der Waals surface area contributed by atoms with Crippen LogP contribution in [0.5, 0.6) is 0 Å². The summed E-state index contributed by atoms with van der Waals surface area (Å²) >= 11 is 9.57. The van der Waals surface area contributed by atoms with Gasteiger partial charge in [-0.05, 0) is 69.2 Å². The molecule has 0 radical (unpaired) electrons. The summed E-state index contributed by atoms with van der Waals surface area (Å²) in [4.78, 5) is 2.41. The Morgan fingerprint density at radius 2 is 2.11 bits per heavy atom. The first-order valence-corrected chi connectivity index (χ1v) is 7.65. The minimum atomic E-state index is 0.800. The zero-order valence-corrected chi connectivity index (χ0v) is 13.1. The van der Waals surface area contributed by atoms with Crippen LogP contribution < -0.4 is 5.32 Å². The molecule has 1 aliphatic rings. The van der Waals surface area contributed by atoms with Gasteiger partial charge in [-0.2, -0.15) is 0 Å². The zero-order chi connectivity index (χ0) is 13.0. The van der Waals surface area contributed by atoms with Gasteiger partial charge in [-0.15, -0.1) is 0 Å². The number of likely N-dealkylation sites (tertiary alicyclic amines) is 1. The van der Waals surface area contributed by atoms with Crippen LogP contribution in [0.4, 0.5) is 0 Å². The first-order chi connectivity index (χ1) is 8.65. The average molecular weight is 332 g/mol. The number of hydrogen-bond donors (Lipinski definition) is 1. The highest BCUT2D eigenvalue weighted by Gasteiger charge is 2.15. The number of halogens is 2. The summed E-state index contributed by atoms with van der Waals surface area (Å²) < 4.78 is 1.13. The SMILES string of the molecule is CN1CCC(CNCc2cc(Cl)ccc2Br)CC1. The lowest BCUT2D eigenvalue weighted by Crippen LogP contribution is -2.34. The fourth-order valence-electron chi connectivity index (χ4n) is 2.36. The van der Waals surface area contributed by atoms with Gasteiger partial charge in [-0.3, -0.25) is 0 Å². The number of hydrogen-bond acceptors (Lipinski definition) is 2. The highest BCUT2D eigenvalue weighted by molar-refractivity contribution is 9.10. The van der Waals surface area contributed by atoms with Gasteiger partial charge in [-0.25, -0.2) is 0 Å². The third-order valence-electron chi connectivity index (χ3n) is 3.59. The smallest absolute Gasteiger partial charge is 0.0410 e. The predicted octanol–water partition coefficient (Wildman–Crippen LogP) is 3.53. The van der Waals surface area contributed by atoms with Crippen LogP contribution in [0.2, 0.25) is 5.02 Å². The Labute approximate surface area is 123 Å². The number of nitrogens with zero attached hydrogens (tertiary/aromatic N) is 1. The second-order valence-electron chi connectivity index (χ2n) is 5.11. The molecule has 0 bridgehead atoms. The van der Waals surface area contributed by atoms with Gasteiger partial charge in [-0.1, -0.05) is 27.5 Å². The Hall–Kier alpha value is -0.0900. The van der Waals surface area contributed by atoms with Crippen molar-refractivity contribution in [1.29, 1.82) is 0 Å². The second-order valence-corrected chi connectivity index (χ2v) is 6.40. The molecule has 0 atom stereocenters. The third kappa shape index (κ3) is 4.23. The third-order valence-corrected chi connectivity index (χ3v) is 4.60. The van der Waals surface area contributed by atoms with E-state index in [0.29, 0.717) is 0 Å². The summed E-state index contributed by atoms with van der Waals surface area (Å²) in [6.45, 7) is 4.45. The van der Waals surface area contributed by atoms with E-state index in [9.17, 15) is 0 Å². The van der Waals surface area contributed by atoms with Crippen LogP contribution in [0, 0.1) is 5.92 Å². The van der Waals surface area contributed by atoms with Gasteiger partial charge in [0.2, 0.25) is 0 Å². The maximum absolute atomic E-state index is 6.01. The molecule has 0 unspecified atom stereocenters. The predicted molar refractivity (Wildman–Crippen MR) is 81.1 cm³/mol. The molecule has 0 aromatic heterocycles. The van der Waals surface area contributed by atoms with E-state index in [1.807, 2.05) is 18.2 Å². The van der Waals surface area contributed by atoms with Crippen molar-refractivity contribution < 1.29 is 0 Å². The van der Waals surface area contributed by atoms with Gasteiger partial charge in [0.25, 0.3) is 0 Å². The molecule has 18 heavy (non-hydrogen) atoms. The first-order valence-electron chi connectivity index (χ1n) is 6.48. The molecule has 0 spiro atoms. The van der Waals surface area contributed by atoms with Crippen LogP contribution in [-0.2, 0) is 6.54 Å². The Kier molecular flexibility index (Phi) is 5.49. The van der Waals surface area contributed by atoms with Crippen molar-refractivity contribution in [3.8, 4) is 0 Å². The Morgan fingerprint density at radius 1 is 1.39 bits per heavy atom. The molecule has 1 N–H and O–H groups in total. The van der Waals surface area contributed by atoms with Crippen LogP contribution in [0.25, 0.3) is 0 Å². The lowest BCUT2D eigenvalue weighted by Gasteiger charge is -2.29. The van der Waals surface area contributed by atoms with Crippen LogP contribution in [0.1, 0.15) is 18.4 Å². The first kappa shape index (κ1) is 14.3. The fourth-order valence-corrected chi connectivity index (χ4v) is 2.94. The summed E-state index contributed by atoms with van der Waals surface area (Å²) in [5.74, 6) is 0.819. The second kappa shape index (κ2) is 6.90. The van der Waals surface area contributed by atoms with Gasteiger partial charge < -0.3 is 10.2 Å². The van der Waals surface area contributed by atoms with Gasteiger partial charge in [0.05, 0.1) is 0 Å². The van der Waals surface area contributed by atoms with Crippen LogP contribution in [0.3, 0.4) is 0 Å². The summed E-state index contributed by atoms with van der Waals surface area (Å²) in [6.07, 6.45) is 2.61. The van der Waals surface area contributed by atoms with Gasteiger partial charge in [0.15, 0.2) is 0 Å². The Bertz CT molecular complexity index is 389. The maximum Gasteiger partial charge on any atom is 0.0410 e. The van der Waals surface area contributed by atoms with Crippen LogP contribution in [-0.4, -0.2) is 31.6 Å². The van der Waals surface area contributed by atoms with Crippen LogP contribution in [0.15, 0.2) is 22.7 Å². The molecule has 1 aromatic carbocycles. The van der Waals surface area contributed by atoms with Gasteiger partial charge >= 0.3 is 0 Å². The van der Waals surface area contributed by atoms with E-state index in [0.717, 1.165) is 28.5 Å². The molecule has 1 heterocycles. The van der Waals surface area contributed by atoms with E-state index < -0.39 is 0 Å². The molecule has 0 saturated carbocycles. The molecule has 1 aliphatic heterocycles. The molecule has 4 heteroatoms. The quantitative estimate of drug-likeness (QED) is 0.908. The van der Waals surface area contributed by atoms with E-state index in [1.165, 1.54) is 31.5 Å². The largest absolute Gasteiger partial charge is 0.312 e. The topological polar surface area (TPSA) is 15.3 Å². The average Bonchev–Trinajstić information content (AvgIpc) is 2.36. The zero-order valence-electron chi connectivity index (χ0n) is 10.8. The van der Waals surface area contributed by atoms with Crippen molar-refractivity contribution in [1.82, 2.24) is 10.2 Å². The van der Waals surface area contributed by atoms with Crippen LogP contribution >= 0.6 is 27.5 Å². The van der Waals surface area contributed by atoms with Crippen molar-refractivity contribution in [2.75, 3.05) is 26.7 Å². The highest BCUT2D eigenvalue weighted by Crippen LogP contribution is 2.21. The fraction of sp³-hybridized carbons (Fsp3) is 0.571. The number of benzene rings is 1. The molecule has 100 valence electrons. The van der Waals surface area contributed by atoms with E-state index in [-0.39, 0.29) is 0 Å². The van der Waals surface area contributed by atoms with E-state index in [4.69, 9.17) is 11.6 Å². The monoisotopic (exact) mass is 330 g/mol. The lowest BCUT2D eigenvalue weighted by molar-refractivity contribution is 0.216. The summed E-state index contributed by atoms with van der Waals surface area (Å²) in [5, 5.41) is 4.35. The molecular formula is C14H20BrClN2. The molecule has 2 nitrogen and oxygen atoms in total. The molecular weight excluding hydrogens is 312 g/mol. The van der Waals surface area contributed by atoms with Crippen molar-refractivity contribution >= 4 is 27.5 Å². The molecule has 0 aliphatic carbocycles. The summed E-state index contributed by atoms with van der Waals surface area (Å²) in [7, 11) is 2.20. The standard InChI is InChI=1S/C14H20BrClN2/c1-18-6-4-11(5-7-18)9-17-10-12-8-13(16)2-3-14(12)15/h2-3,8,11,17H,4-7,9-10H2,1H3. The molecule has 2 rings (SSSR count). The molecule has 1 fully saturated rings. The number of rotatable bonds is 4. The van der Waals surface area contributed by atoms with Crippen molar-refractivity contribution in [2.24, 2.45) is 5.92 Å². The van der Waals surface area contributed by atoms with Gasteiger partial charge in [0.1, 0.15) is 0 Å². The summed E-state index contributed by atoms with van der Waals surface area (Å²) in [6, 6.07) is 5.94. The summed E-state index contributed by atoms with van der Waals surface area (Å²) in [5.41, 5.74) is 1.23. The van der Waals surface area contributed by atoms with Gasteiger partial charge in [0, 0.05) is 16.0 Å². The van der Waals surface area contributed by atoms with E-state index in [2.05, 4.69) is 33.2 Å². The van der Waals surface area contributed by atoms with Crippen molar-refractivity contribution in [3.05, 3.63) is 33.3 Å². The van der Waals surface area contributed by atoms with E-state index in [1.54, 1.807) is 0 Å². The van der Waals surface area contributed by atoms with Crippen molar-refractivity contribution in [3.63, 3.8) is 0 Å². The molecule has 0 amide bonds. The minimum Gasteiger partial charge on any atom is -0.312 e. The lowest BCUT2D eigenvalue weighted by atomic mass is 9.97. The van der Waals surface area contributed by atoms with E-state index >= 15 is 0 Å². The maximum atomic E-state index is 6.01. The normalized spacial score (nSPS) is 18.2. The van der Waals surface area contributed by atoms with Crippen molar-refractivity contribution in [2.45, 2.75) is 19.4 Å². The minimum absolute atomic E-state index is 0.800. The number of nitrogens with one attached hydrogen (secondary N) is 1. The molecule has 1 aromatic rings.